The minimum absolute atomic E-state index is 0.00801. The number of carbonyl (C=O) groups excluding carboxylic acids is 1. The van der Waals surface area contributed by atoms with Crippen molar-refractivity contribution in [3.05, 3.63) is 0 Å². The summed E-state index contributed by atoms with van der Waals surface area (Å²) < 4.78 is 0. The van der Waals surface area contributed by atoms with Gasteiger partial charge in [0, 0.05) is 12.2 Å². The van der Waals surface area contributed by atoms with Crippen LogP contribution in [0.3, 0.4) is 0 Å². The number of thioether (sulfide) groups is 1. The van der Waals surface area contributed by atoms with E-state index in [0.29, 0.717) is 12.2 Å². The first-order valence-electron chi connectivity index (χ1n) is 4.35. The van der Waals surface area contributed by atoms with Gasteiger partial charge in [-0.1, -0.05) is 0 Å². The molecule has 2 unspecified atom stereocenters. The van der Waals surface area contributed by atoms with Crippen LogP contribution >= 0.6 is 11.8 Å². The molecule has 1 N–H and O–H groups in total. The fourth-order valence-electron chi connectivity index (χ4n) is 1.87. The van der Waals surface area contributed by atoms with Gasteiger partial charge in [0.1, 0.15) is 6.04 Å². The lowest BCUT2D eigenvalue weighted by Gasteiger charge is -2.31. The minimum atomic E-state index is -0.870. The Morgan fingerprint density at radius 3 is 3.08 bits per heavy atom. The van der Waals surface area contributed by atoms with Gasteiger partial charge in [-0.25, -0.2) is 4.79 Å². The first kappa shape index (κ1) is 8.87. The molecule has 2 heterocycles. The van der Waals surface area contributed by atoms with E-state index in [-0.39, 0.29) is 11.3 Å². The number of amides is 1. The van der Waals surface area contributed by atoms with E-state index in [0.717, 1.165) is 12.8 Å². The van der Waals surface area contributed by atoms with E-state index in [4.69, 9.17) is 5.11 Å². The molecular weight excluding hydrogens is 190 g/mol. The number of nitrogens with zero attached hydrogens (tertiary/aromatic N) is 1. The Balaban J connectivity index is 2.18. The van der Waals surface area contributed by atoms with E-state index in [2.05, 4.69) is 0 Å². The van der Waals surface area contributed by atoms with Crippen molar-refractivity contribution in [2.45, 2.75) is 30.7 Å². The van der Waals surface area contributed by atoms with Gasteiger partial charge in [0.05, 0.1) is 5.37 Å². The normalized spacial score (nSPS) is 33.2. The van der Waals surface area contributed by atoms with Crippen LogP contribution in [0.2, 0.25) is 0 Å². The van der Waals surface area contributed by atoms with E-state index in [1.807, 2.05) is 0 Å². The van der Waals surface area contributed by atoms with Crippen LogP contribution in [0.15, 0.2) is 0 Å². The number of fused-ring (bicyclic) bond motifs is 1. The van der Waals surface area contributed by atoms with Crippen molar-refractivity contribution >= 4 is 23.6 Å². The van der Waals surface area contributed by atoms with E-state index in [9.17, 15) is 9.59 Å². The average molecular weight is 201 g/mol. The van der Waals surface area contributed by atoms with Crippen LogP contribution in [0.1, 0.15) is 19.3 Å². The molecule has 0 radical (unpaired) electrons. The van der Waals surface area contributed by atoms with Crippen LogP contribution in [0, 0.1) is 0 Å². The molecule has 2 aliphatic rings. The highest BCUT2D eigenvalue weighted by Gasteiger charge is 2.42. The van der Waals surface area contributed by atoms with Crippen molar-refractivity contribution in [3.63, 3.8) is 0 Å². The lowest BCUT2D eigenvalue weighted by Crippen LogP contribution is -2.47. The SMILES string of the molecule is O=C(O)C1CSC2CCCC(=O)N21. The number of carbonyl (C=O) groups is 2. The molecule has 0 spiro atoms. The number of rotatable bonds is 1. The van der Waals surface area contributed by atoms with E-state index < -0.39 is 12.0 Å². The molecule has 0 aliphatic carbocycles. The lowest BCUT2D eigenvalue weighted by atomic mass is 10.1. The molecule has 2 aliphatic heterocycles. The van der Waals surface area contributed by atoms with E-state index in [1.165, 1.54) is 0 Å². The zero-order valence-corrected chi connectivity index (χ0v) is 7.92. The fraction of sp³-hybridized carbons (Fsp3) is 0.750. The summed E-state index contributed by atoms with van der Waals surface area (Å²) in [5.74, 6) is -0.315. The quantitative estimate of drug-likeness (QED) is 0.672. The van der Waals surface area contributed by atoms with E-state index in [1.54, 1.807) is 16.7 Å². The largest absolute Gasteiger partial charge is 0.480 e. The highest BCUT2D eigenvalue weighted by atomic mass is 32.2. The Morgan fingerprint density at radius 1 is 1.62 bits per heavy atom. The Bertz CT molecular complexity index is 256. The predicted octanol–water partition coefficient (Wildman–Crippen LogP) is 0.525. The van der Waals surface area contributed by atoms with Gasteiger partial charge in [0.2, 0.25) is 5.91 Å². The third kappa shape index (κ3) is 1.41. The number of piperidine rings is 1. The minimum Gasteiger partial charge on any atom is -0.480 e. The van der Waals surface area contributed by atoms with Gasteiger partial charge in [-0.2, -0.15) is 0 Å². The molecule has 1 amide bonds. The molecule has 2 saturated heterocycles. The highest BCUT2D eigenvalue weighted by molar-refractivity contribution is 8.00. The first-order valence-corrected chi connectivity index (χ1v) is 5.40. The molecule has 2 fully saturated rings. The molecular formula is C8H11NO3S. The molecule has 0 aromatic rings. The van der Waals surface area contributed by atoms with Crippen molar-refractivity contribution in [1.82, 2.24) is 4.90 Å². The Hall–Kier alpha value is -0.710. The topological polar surface area (TPSA) is 57.6 Å². The zero-order valence-electron chi connectivity index (χ0n) is 7.10. The third-order valence-electron chi connectivity index (χ3n) is 2.51. The van der Waals surface area contributed by atoms with Crippen molar-refractivity contribution in [2.75, 3.05) is 5.75 Å². The summed E-state index contributed by atoms with van der Waals surface area (Å²) in [6, 6.07) is -0.581. The van der Waals surface area contributed by atoms with Crippen LogP contribution in [-0.4, -0.2) is 39.1 Å². The number of carboxylic acids is 1. The van der Waals surface area contributed by atoms with E-state index >= 15 is 0 Å². The van der Waals surface area contributed by atoms with Crippen LogP contribution in [-0.2, 0) is 9.59 Å². The van der Waals surface area contributed by atoms with Gasteiger partial charge >= 0.3 is 5.97 Å². The Kier molecular flexibility index (Phi) is 2.19. The molecule has 4 nitrogen and oxygen atoms in total. The Labute approximate surface area is 80.3 Å². The highest BCUT2D eigenvalue weighted by Crippen LogP contribution is 2.36. The molecule has 0 bridgehead atoms. The maximum atomic E-state index is 11.4. The standard InChI is InChI=1S/C8H11NO3S/c10-6-2-1-3-7-9(6)5(4-13-7)8(11)12/h5,7H,1-4H2,(H,11,12). The smallest absolute Gasteiger partial charge is 0.327 e. The monoisotopic (exact) mass is 201 g/mol. The van der Waals surface area contributed by atoms with Crippen molar-refractivity contribution in [2.24, 2.45) is 0 Å². The van der Waals surface area contributed by atoms with Crippen molar-refractivity contribution < 1.29 is 14.7 Å². The predicted molar refractivity (Wildman–Crippen MR) is 48.4 cm³/mol. The molecule has 0 aromatic carbocycles. The molecule has 72 valence electrons. The number of hydrogen-bond acceptors (Lipinski definition) is 3. The van der Waals surface area contributed by atoms with Crippen molar-refractivity contribution in [1.29, 1.82) is 0 Å². The number of hydrogen-bond donors (Lipinski definition) is 1. The summed E-state index contributed by atoms with van der Waals surface area (Å²) in [6.45, 7) is 0. The molecule has 0 aromatic heterocycles. The zero-order chi connectivity index (χ0) is 9.42. The van der Waals surface area contributed by atoms with Gasteiger partial charge < -0.3 is 10.0 Å². The summed E-state index contributed by atoms with van der Waals surface area (Å²) in [4.78, 5) is 23.8. The van der Waals surface area contributed by atoms with Gasteiger partial charge in [-0.3, -0.25) is 4.79 Å². The molecule has 5 heteroatoms. The maximum absolute atomic E-state index is 11.4. The van der Waals surface area contributed by atoms with Crippen LogP contribution in [0.5, 0.6) is 0 Å². The maximum Gasteiger partial charge on any atom is 0.327 e. The lowest BCUT2D eigenvalue weighted by molar-refractivity contribution is -0.150. The van der Waals surface area contributed by atoms with Crippen LogP contribution < -0.4 is 0 Å². The summed E-state index contributed by atoms with van der Waals surface area (Å²) in [6.07, 6.45) is 2.36. The molecule has 2 atom stereocenters. The molecule has 13 heavy (non-hydrogen) atoms. The van der Waals surface area contributed by atoms with Gasteiger partial charge in [-0.05, 0) is 12.8 Å². The molecule has 0 saturated carbocycles. The van der Waals surface area contributed by atoms with Gasteiger partial charge in [-0.15, -0.1) is 11.8 Å². The second-order valence-electron chi connectivity index (χ2n) is 3.34. The average Bonchev–Trinajstić information content (AvgIpc) is 2.49. The van der Waals surface area contributed by atoms with Crippen LogP contribution in [0.4, 0.5) is 0 Å². The number of aliphatic carboxylic acids is 1. The second-order valence-corrected chi connectivity index (χ2v) is 4.55. The fourth-order valence-corrected chi connectivity index (χ4v) is 3.33. The third-order valence-corrected chi connectivity index (χ3v) is 3.86. The van der Waals surface area contributed by atoms with Crippen molar-refractivity contribution in [3.8, 4) is 0 Å². The number of carboxylic acid groups (broad SMARTS) is 1. The summed E-state index contributed by atoms with van der Waals surface area (Å²) in [5.41, 5.74) is 0. The molecule has 2 rings (SSSR count). The second kappa shape index (κ2) is 3.21. The van der Waals surface area contributed by atoms with Gasteiger partial charge in [0.15, 0.2) is 0 Å². The first-order chi connectivity index (χ1) is 6.20. The summed E-state index contributed by atoms with van der Waals surface area (Å²) in [7, 11) is 0. The summed E-state index contributed by atoms with van der Waals surface area (Å²) in [5, 5.41) is 8.99. The van der Waals surface area contributed by atoms with Gasteiger partial charge in [0.25, 0.3) is 0 Å². The summed E-state index contributed by atoms with van der Waals surface area (Å²) >= 11 is 1.59. The Morgan fingerprint density at radius 2 is 2.38 bits per heavy atom. The van der Waals surface area contributed by atoms with Crippen LogP contribution in [0.25, 0.3) is 0 Å².